The van der Waals surface area contributed by atoms with Gasteiger partial charge in [0.1, 0.15) is 17.1 Å². The molecule has 1 aromatic heterocycles. The standard InChI is InChI=1S/C11H14O4/c1-6-5-7(12)8(10(14)15-6)9(13)11(2,3)4/h5,12H,1-4H3. The summed E-state index contributed by atoms with van der Waals surface area (Å²) in [5, 5.41) is 9.53. The third kappa shape index (κ3) is 2.26. The number of ketones is 1. The molecule has 0 aromatic carbocycles. The highest BCUT2D eigenvalue weighted by Crippen LogP contribution is 2.24. The maximum atomic E-state index is 11.8. The van der Waals surface area contributed by atoms with E-state index in [2.05, 4.69) is 0 Å². The van der Waals surface area contributed by atoms with Crippen molar-refractivity contribution in [1.82, 2.24) is 0 Å². The van der Waals surface area contributed by atoms with Crippen LogP contribution >= 0.6 is 0 Å². The Morgan fingerprint density at radius 3 is 2.33 bits per heavy atom. The van der Waals surface area contributed by atoms with Crippen LogP contribution in [0.15, 0.2) is 15.3 Å². The molecule has 4 nitrogen and oxygen atoms in total. The lowest BCUT2D eigenvalue weighted by Crippen LogP contribution is -2.26. The van der Waals surface area contributed by atoms with Crippen LogP contribution in [0.3, 0.4) is 0 Å². The number of aryl methyl sites for hydroxylation is 1. The van der Waals surface area contributed by atoms with Crippen LogP contribution in [0.4, 0.5) is 0 Å². The van der Waals surface area contributed by atoms with Crippen LogP contribution in [0.5, 0.6) is 5.75 Å². The molecule has 0 bridgehead atoms. The number of hydrogen-bond acceptors (Lipinski definition) is 4. The Morgan fingerprint density at radius 2 is 1.93 bits per heavy atom. The summed E-state index contributed by atoms with van der Waals surface area (Å²) in [6, 6.07) is 1.26. The quantitative estimate of drug-likeness (QED) is 0.718. The summed E-state index contributed by atoms with van der Waals surface area (Å²) < 4.78 is 4.77. The topological polar surface area (TPSA) is 67.5 Å². The van der Waals surface area contributed by atoms with E-state index in [0.717, 1.165) is 0 Å². The predicted molar refractivity (Wildman–Crippen MR) is 55.2 cm³/mol. The van der Waals surface area contributed by atoms with Gasteiger partial charge in [-0.2, -0.15) is 0 Å². The van der Waals surface area contributed by atoms with E-state index < -0.39 is 16.8 Å². The Bertz CT molecular complexity index is 449. The minimum atomic E-state index is -0.785. The molecule has 0 aliphatic rings. The predicted octanol–water partition coefficient (Wildman–Crippen LogP) is 1.88. The molecule has 15 heavy (non-hydrogen) atoms. The second-order valence-electron chi connectivity index (χ2n) is 4.48. The van der Waals surface area contributed by atoms with Crippen LogP contribution in [-0.2, 0) is 0 Å². The smallest absolute Gasteiger partial charge is 0.350 e. The van der Waals surface area contributed by atoms with Gasteiger partial charge >= 0.3 is 5.63 Å². The molecule has 1 heterocycles. The molecule has 1 aromatic rings. The first-order valence-corrected chi connectivity index (χ1v) is 4.62. The van der Waals surface area contributed by atoms with Gasteiger partial charge in [0.25, 0.3) is 0 Å². The van der Waals surface area contributed by atoms with E-state index in [4.69, 9.17) is 4.42 Å². The summed E-state index contributed by atoms with van der Waals surface area (Å²) >= 11 is 0. The van der Waals surface area contributed by atoms with Crippen LogP contribution in [0.25, 0.3) is 0 Å². The molecule has 0 unspecified atom stereocenters. The zero-order valence-electron chi connectivity index (χ0n) is 9.25. The molecule has 0 saturated heterocycles. The first-order valence-electron chi connectivity index (χ1n) is 4.62. The van der Waals surface area contributed by atoms with Crippen LogP contribution in [0.2, 0.25) is 0 Å². The van der Waals surface area contributed by atoms with Gasteiger partial charge < -0.3 is 9.52 Å². The zero-order valence-corrected chi connectivity index (χ0v) is 9.25. The number of carbonyl (C=O) groups is 1. The van der Waals surface area contributed by atoms with E-state index in [1.54, 1.807) is 20.8 Å². The molecule has 0 atom stereocenters. The fourth-order valence-corrected chi connectivity index (χ4v) is 1.18. The van der Waals surface area contributed by atoms with Gasteiger partial charge in [-0.3, -0.25) is 4.79 Å². The van der Waals surface area contributed by atoms with Crippen molar-refractivity contribution in [3.63, 3.8) is 0 Å². The number of rotatable bonds is 1. The Balaban J connectivity index is 3.40. The molecule has 0 aliphatic heterocycles. The number of carbonyl (C=O) groups excluding carboxylic acids is 1. The van der Waals surface area contributed by atoms with Crippen molar-refractivity contribution in [2.45, 2.75) is 27.7 Å². The Kier molecular flexibility index (Phi) is 2.71. The van der Waals surface area contributed by atoms with Gasteiger partial charge in [0, 0.05) is 11.5 Å². The summed E-state index contributed by atoms with van der Waals surface area (Å²) in [5.41, 5.74) is -1.78. The first-order chi connectivity index (χ1) is 6.73. The molecule has 0 saturated carbocycles. The van der Waals surface area contributed by atoms with E-state index in [0.29, 0.717) is 0 Å². The van der Waals surface area contributed by atoms with Crippen LogP contribution in [-0.4, -0.2) is 10.9 Å². The molecule has 0 aliphatic carbocycles. The van der Waals surface area contributed by atoms with E-state index >= 15 is 0 Å². The zero-order chi connectivity index (χ0) is 11.8. The van der Waals surface area contributed by atoms with E-state index in [1.807, 2.05) is 0 Å². The van der Waals surface area contributed by atoms with Crippen molar-refractivity contribution < 1.29 is 14.3 Å². The lowest BCUT2D eigenvalue weighted by atomic mass is 9.87. The molecule has 1 rings (SSSR count). The van der Waals surface area contributed by atoms with Crippen molar-refractivity contribution in [2.75, 3.05) is 0 Å². The fourth-order valence-electron chi connectivity index (χ4n) is 1.18. The van der Waals surface area contributed by atoms with Crippen molar-refractivity contribution in [3.05, 3.63) is 27.8 Å². The average Bonchev–Trinajstić information content (AvgIpc) is 1.99. The summed E-state index contributed by atoms with van der Waals surface area (Å²) in [6.07, 6.45) is 0. The summed E-state index contributed by atoms with van der Waals surface area (Å²) in [7, 11) is 0. The van der Waals surface area contributed by atoms with E-state index in [1.165, 1.54) is 13.0 Å². The van der Waals surface area contributed by atoms with Crippen molar-refractivity contribution in [2.24, 2.45) is 5.41 Å². The van der Waals surface area contributed by atoms with E-state index in [-0.39, 0.29) is 17.1 Å². The minimum Gasteiger partial charge on any atom is -0.507 e. The molecule has 0 spiro atoms. The third-order valence-corrected chi connectivity index (χ3v) is 1.96. The summed E-state index contributed by atoms with van der Waals surface area (Å²) in [4.78, 5) is 23.2. The van der Waals surface area contributed by atoms with Crippen LogP contribution in [0.1, 0.15) is 36.9 Å². The maximum Gasteiger partial charge on any atom is 0.350 e. The lowest BCUT2D eigenvalue weighted by molar-refractivity contribution is 0.0850. The molecule has 0 fully saturated rings. The summed E-state index contributed by atoms with van der Waals surface area (Å²) in [6.45, 7) is 6.56. The SMILES string of the molecule is Cc1cc(O)c(C(=O)C(C)(C)C)c(=O)o1. The van der Waals surface area contributed by atoms with E-state index in [9.17, 15) is 14.7 Å². The molecule has 0 amide bonds. The van der Waals surface area contributed by atoms with Crippen molar-refractivity contribution in [1.29, 1.82) is 0 Å². The minimum absolute atomic E-state index is 0.270. The van der Waals surface area contributed by atoms with Gasteiger partial charge in [-0.1, -0.05) is 20.8 Å². The second kappa shape index (κ2) is 3.53. The van der Waals surface area contributed by atoms with Crippen molar-refractivity contribution >= 4 is 5.78 Å². The average molecular weight is 210 g/mol. The largest absolute Gasteiger partial charge is 0.507 e. The molecule has 0 radical (unpaired) electrons. The lowest BCUT2D eigenvalue weighted by Gasteiger charge is -2.16. The number of hydrogen-bond donors (Lipinski definition) is 1. The van der Waals surface area contributed by atoms with Crippen molar-refractivity contribution in [3.8, 4) is 5.75 Å². The molecular formula is C11H14O4. The van der Waals surface area contributed by atoms with Crippen LogP contribution < -0.4 is 5.63 Å². The van der Waals surface area contributed by atoms with Gasteiger partial charge in [0.15, 0.2) is 5.78 Å². The molecule has 82 valence electrons. The van der Waals surface area contributed by atoms with Gasteiger partial charge in [-0.15, -0.1) is 0 Å². The van der Waals surface area contributed by atoms with Gasteiger partial charge in [-0.25, -0.2) is 4.79 Å². The van der Waals surface area contributed by atoms with Gasteiger partial charge in [0.05, 0.1) is 0 Å². The molecule has 1 N–H and O–H groups in total. The first kappa shape index (κ1) is 11.5. The van der Waals surface area contributed by atoms with Gasteiger partial charge in [-0.05, 0) is 6.92 Å². The second-order valence-corrected chi connectivity index (χ2v) is 4.48. The molecular weight excluding hydrogens is 196 g/mol. The highest BCUT2D eigenvalue weighted by atomic mass is 16.4. The Morgan fingerprint density at radius 1 is 1.40 bits per heavy atom. The Hall–Kier alpha value is -1.58. The molecule has 4 heteroatoms. The van der Waals surface area contributed by atoms with Crippen LogP contribution in [0, 0.1) is 12.3 Å². The third-order valence-electron chi connectivity index (χ3n) is 1.96. The maximum absolute atomic E-state index is 11.8. The normalized spacial score (nSPS) is 11.5. The highest BCUT2D eigenvalue weighted by molar-refractivity contribution is 6.01. The summed E-state index contributed by atoms with van der Waals surface area (Å²) in [5.74, 6) is -0.458. The Labute approximate surface area is 87.5 Å². The highest BCUT2D eigenvalue weighted by Gasteiger charge is 2.28. The number of Topliss-reactive ketones (excluding diaryl/α,β-unsaturated/α-hetero) is 1. The fraction of sp³-hybridized carbons (Fsp3) is 0.455. The van der Waals surface area contributed by atoms with Gasteiger partial charge in [0.2, 0.25) is 0 Å². The number of aromatic hydroxyl groups is 1. The monoisotopic (exact) mass is 210 g/mol.